The monoisotopic (exact) mass is 398 g/mol. The number of methoxy groups -OCH3 is 1. The molecule has 25 heavy (non-hydrogen) atoms. The Morgan fingerprint density at radius 1 is 0.920 bits per heavy atom. The Morgan fingerprint density at radius 2 is 1.48 bits per heavy atom. The lowest BCUT2D eigenvalue weighted by Gasteiger charge is -2.36. The summed E-state index contributed by atoms with van der Waals surface area (Å²) >= 11 is 0. The Bertz CT molecular complexity index is 399. The van der Waals surface area contributed by atoms with Crippen molar-refractivity contribution in [3.05, 3.63) is 0 Å². The van der Waals surface area contributed by atoms with Crippen LogP contribution >= 0.6 is 24.8 Å². The van der Waals surface area contributed by atoms with E-state index in [1.54, 1.807) is 12.0 Å². The molecule has 2 amide bonds. The largest absolute Gasteiger partial charge is 0.383 e. The Morgan fingerprint density at radius 3 is 2.00 bits per heavy atom. The van der Waals surface area contributed by atoms with Crippen molar-refractivity contribution in [3.8, 4) is 0 Å². The van der Waals surface area contributed by atoms with Gasteiger partial charge in [-0.15, -0.1) is 24.8 Å². The molecule has 9 heteroatoms. The zero-order valence-electron chi connectivity index (χ0n) is 15.0. The van der Waals surface area contributed by atoms with E-state index in [9.17, 15) is 9.59 Å². The Balaban J connectivity index is 0.00000288. The van der Waals surface area contributed by atoms with Crippen molar-refractivity contribution in [2.45, 2.75) is 31.7 Å². The van der Waals surface area contributed by atoms with Crippen molar-refractivity contribution >= 4 is 36.6 Å². The maximum Gasteiger partial charge on any atom is 0.241 e. The van der Waals surface area contributed by atoms with Gasteiger partial charge in [-0.3, -0.25) is 14.5 Å². The van der Waals surface area contributed by atoms with Gasteiger partial charge in [0.05, 0.1) is 13.2 Å². The molecule has 0 bridgehead atoms. The molecule has 2 N–H and O–H groups in total. The van der Waals surface area contributed by atoms with E-state index in [0.29, 0.717) is 19.6 Å². The van der Waals surface area contributed by atoms with Gasteiger partial charge in [0.1, 0.15) is 6.04 Å². The molecular formula is C16H32Cl2N4O3. The van der Waals surface area contributed by atoms with Crippen LogP contribution in [0, 0.1) is 0 Å². The number of likely N-dealkylation sites (tertiary alicyclic amines) is 1. The second-order valence-corrected chi connectivity index (χ2v) is 6.46. The first-order valence-corrected chi connectivity index (χ1v) is 8.65. The van der Waals surface area contributed by atoms with E-state index < -0.39 is 6.04 Å². The summed E-state index contributed by atoms with van der Waals surface area (Å²) in [6, 6.07) is -0.592. The van der Waals surface area contributed by atoms with Crippen LogP contribution in [0.15, 0.2) is 0 Å². The third-order valence-corrected chi connectivity index (χ3v) is 4.67. The number of carbonyl (C=O) groups is 2. The summed E-state index contributed by atoms with van der Waals surface area (Å²) in [5.41, 5.74) is 5.80. The molecule has 2 fully saturated rings. The number of halogens is 2. The SMILES string of the molecule is COCC(N)C(=O)N1CCN(CC(=O)N2CCCCCC2)CC1.Cl.Cl. The molecule has 7 nitrogen and oxygen atoms in total. The number of amides is 2. The van der Waals surface area contributed by atoms with Gasteiger partial charge >= 0.3 is 0 Å². The van der Waals surface area contributed by atoms with Crippen molar-refractivity contribution < 1.29 is 14.3 Å². The van der Waals surface area contributed by atoms with Crippen molar-refractivity contribution in [3.63, 3.8) is 0 Å². The molecule has 0 spiro atoms. The molecule has 1 unspecified atom stereocenters. The second kappa shape index (κ2) is 12.7. The smallest absolute Gasteiger partial charge is 0.241 e. The number of hydrogen-bond donors (Lipinski definition) is 1. The van der Waals surface area contributed by atoms with Crippen LogP contribution < -0.4 is 5.73 Å². The number of nitrogens with two attached hydrogens (primary N) is 1. The van der Waals surface area contributed by atoms with Gasteiger partial charge < -0.3 is 20.3 Å². The fraction of sp³-hybridized carbons (Fsp3) is 0.875. The Labute approximate surface area is 163 Å². The number of piperazine rings is 1. The van der Waals surface area contributed by atoms with E-state index in [4.69, 9.17) is 10.5 Å². The first-order valence-electron chi connectivity index (χ1n) is 8.65. The van der Waals surface area contributed by atoms with Crippen molar-refractivity contribution in [2.24, 2.45) is 5.73 Å². The summed E-state index contributed by atoms with van der Waals surface area (Å²) in [6.07, 6.45) is 4.69. The molecule has 0 aromatic rings. The van der Waals surface area contributed by atoms with Crippen LogP contribution in [-0.2, 0) is 14.3 Å². The van der Waals surface area contributed by atoms with Gasteiger partial charge in [-0.2, -0.15) is 0 Å². The van der Waals surface area contributed by atoms with Gasteiger partial charge in [-0.1, -0.05) is 12.8 Å². The molecule has 2 aliphatic rings. The lowest BCUT2D eigenvalue weighted by atomic mass is 10.2. The first kappa shape index (κ1) is 24.4. The van der Waals surface area contributed by atoms with Gasteiger partial charge in [0.15, 0.2) is 0 Å². The predicted octanol–water partition coefficient (Wildman–Crippen LogP) is 0.351. The van der Waals surface area contributed by atoms with E-state index in [0.717, 1.165) is 39.0 Å². The Hall–Kier alpha value is -0.600. The highest BCUT2D eigenvalue weighted by atomic mass is 35.5. The summed E-state index contributed by atoms with van der Waals surface area (Å²) in [4.78, 5) is 30.4. The quantitative estimate of drug-likeness (QED) is 0.722. The van der Waals surface area contributed by atoms with E-state index in [2.05, 4.69) is 4.90 Å². The highest BCUT2D eigenvalue weighted by Crippen LogP contribution is 2.11. The molecule has 2 aliphatic heterocycles. The van der Waals surface area contributed by atoms with Gasteiger partial charge in [0, 0.05) is 46.4 Å². The van der Waals surface area contributed by atoms with Crippen LogP contribution in [-0.4, -0.2) is 92.1 Å². The fourth-order valence-electron chi connectivity index (χ4n) is 3.22. The van der Waals surface area contributed by atoms with E-state index in [-0.39, 0.29) is 43.2 Å². The molecule has 148 valence electrons. The minimum absolute atomic E-state index is 0. The van der Waals surface area contributed by atoms with Crippen LogP contribution in [0.3, 0.4) is 0 Å². The number of hydrogen-bond acceptors (Lipinski definition) is 5. The summed E-state index contributed by atoms with van der Waals surface area (Å²) in [6.45, 7) is 5.20. The van der Waals surface area contributed by atoms with Crippen molar-refractivity contribution in [1.29, 1.82) is 0 Å². The van der Waals surface area contributed by atoms with Crippen LogP contribution in [0.1, 0.15) is 25.7 Å². The van der Waals surface area contributed by atoms with E-state index >= 15 is 0 Å². The first-order chi connectivity index (χ1) is 11.1. The molecular weight excluding hydrogens is 367 g/mol. The van der Waals surface area contributed by atoms with Crippen LogP contribution in [0.5, 0.6) is 0 Å². The summed E-state index contributed by atoms with van der Waals surface area (Å²) in [5.74, 6) is 0.160. The molecule has 2 heterocycles. The van der Waals surface area contributed by atoms with Gasteiger partial charge in [-0.25, -0.2) is 0 Å². The maximum absolute atomic E-state index is 12.4. The number of ether oxygens (including phenoxy) is 1. The van der Waals surface area contributed by atoms with E-state index in [1.807, 2.05) is 4.90 Å². The molecule has 0 aromatic heterocycles. The summed E-state index contributed by atoms with van der Waals surface area (Å²) in [5, 5.41) is 0. The topological polar surface area (TPSA) is 79.1 Å². The average Bonchev–Trinajstić information content (AvgIpc) is 2.84. The zero-order valence-corrected chi connectivity index (χ0v) is 16.7. The minimum Gasteiger partial charge on any atom is -0.383 e. The maximum atomic E-state index is 12.4. The van der Waals surface area contributed by atoms with Crippen LogP contribution in [0.25, 0.3) is 0 Å². The fourth-order valence-corrected chi connectivity index (χ4v) is 3.22. The lowest BCUT2D eigenvalue weighted by molar-refractivity contribution is -0.136. The third kappa shape index (κ3) is 7.66. The Kier molecular flexibility index (Phi) is 12.4. The number of rotatable bonds is 5. The summed E-state index contributed by atoms with van der Waals surface area (Å²) in [7, 11) is 1.54. The minimum atomic E-state index is -0.592. The molecule has 0 aromatic carbocycles. The molecule has 0 radical (unpaired) electrons. The highest BCUT2D eigenvalue weighted by Gasteiger charge is 2.27. The van der Waals surface area contributed by atoms with Gasteiger partial charge in [0.2, 0.25) is 11.8 Å². The number of nitrogens with zero attached hydrogens (tertiary/aromatic N) is 3. The van der Waals surface area contributed by atoms with Gasteiger partial charge in [-0.05, 0) is 12.8 Å². The zero-order chi connectivity index (χ0) is 16.7. The second-order valence-electron chi connectivity index (χ2n) is 6.46. The lowest BCUT2D eigenvalue weighted by Crippen LogP contribution is -2.55. The summed E-state index contributed by atoms with van der Waals surface area (Å²) < 4.78 is 4.93. The van der Waals surface area contributed by atoms with Crippen LogP contribution in [0.2, 0.25) is 0 Å². The normalized spacial score (nSPS) is 20.1. The average molecular weight is 399 g/mol. The molecule has 0 aliphatic carbocycles. The van der Waals surface area contributed by atoms with Gasteiger partial charge in [0.25, 0.3) is 0 Å². The molecule has 0 saturated carbocycles. The number of carbonyl (C=O) groups excluding carboxylic acids is 2. The molecule has 2 saturated heterocycles. The molecule has 2 rings (SSSR count). The van der Waals surface area contributed by atoms with Crippen molar-refractivity contribution in [2.75, 3.05) is 59.5 Å². The predicted molar refractivity (Wildman–Crippen MR) is 102 cm³/mol. The molecule has 1 atom stereocenters. The van der Waals surface area contributed by atoms with E-state index in [1.165, 1.54) is 12.8 Å². The van der Waals surface area contributed by atoms with Crippen molar-refractivity contribution in [1.82, 2.24) is 14.7 Å². The third-order valence-electron chi connectivity index (χ3n) is 4.67. The highest BCUT2D eigenvalue weighted by molar-refractivity contribution is 5.85. The van der Waals surface area contributed by atoms with Crippen LogP contribution in [0.4, 0.5) is 0 Å². The standard InChI is InChI=1S/C16H30N4O3.2ClH/c1-23-13-14(17)16(22)20-10-8-18(9-11-20)12-15(21)19-6-4-2-3-5-7-19;;/h14H,2-13,17H2,1H3;2*1H.